The molecule has 0 saturated heterocycles. The molecule has 0 bridgehead atoms. The van der Waals surface area contributed by atoms with Crippen molar-refractivity contribution in [1.82, 2.24) is 9.38 Å². The Morgan fingerprint density at radius 2 is 1.66 bits per heavy atom. The van der Waals surface area contributed by atoms with E-state index in [9.17, 15) is 14.5 Å². The molecule has 0 aromatic carbocycles. The summed E-state index contributed by atoms with van der Waals surface area (Å²) in [6.07, 6.45) is 1.42. The lowest BCUT2D eigenvalue weighted by atomic mass is 10.3. The number of carbonyl (C=O) groups excluding carboxylic acids is 1. The minimum atomic E-state index is -3.77. The molecule has 2 N–H and O–H groups in total. The number of aromatic nitrogens is 2. The Morgan fingerprint density at radius 3 is 2.16 bits per heavy atom. The maximum Gasteiger partial charge on any atom is 0.364 e. The Balaban J connectivity index is 0.000000547. The SMILES string of the molecule is CCOC(=O)c1cn2c(C(O)P(=O)(OCC)OCC)cccc2n1.CCOP(O)OCC. The van der Waals surface area contributed by atoms with Crippen LogP contribution in [0.25, 0.3) is 5.65 Å². The minimum absolute atomic E-state index is 0.0964. The Labute approximate surface area is 189 Å². The number of fused-ring (bicyclic) bond motifs is 1. The maximum absolute atomic E-state index is 12.8. The molecule has 2 aromatic rings. The summed E-state index contributed by atoms with van der Waals surface area (Å²) in [6, 6.07) is 4.86. The van der Waals surface area contributed by atoms with E-state index >= 15 is 0 Å². The third-order valence-corrected chi connectivity index (χ3v) is 6.73. The second kappa shape index (κ2) is 14.7. The average Bonchev–Trinajstić information content (AvgIpc) is 3.19. The lowest BCUT2D eigenvalue weighted by molar-refractivity contribution is 0.0520. The van der Waals surface area contributed by atoms with Gasteiger partial charge in [-0.3, -0.25) is 8.97 Å². The summed E-state index contributed by atoms with van der Waals surface area (Å²) >= 11 is 0. The number of carbonyl (C=O) groups is 1. The monoisotopic (exact) mass is 494 g/mol. The van der Waals surface area contributed by atoms with Crippen molar-refractivity contribution in [1.29, 1.82) is 0 Å². The molecule has 32 heavy (non-hydrogen) atoms. The van der Waals surface area contributed by atoms with Crippen LogP contribution in [0.4, 0.5) is 0 Å². The van der Waals surface area contributed by atoms with Crippen molar-refractivity contribution in [3.63, 3.8) is 0 Å². The second-order valence-corrected chi connectivity index (χ2v) is 8.93. The Morgan fingerprint density at radius 1 is 1.06 bits per heavy atom. The predicted molar refractivity (Wildman–Crippen MR) is 119 cm³/mol. The first kappa shape index (κ1) is 28.6. The molecular weight excluding hydrogens is 462 g/mol. The fourth-order valence-corrected chi connectivity index (χ4v) is 4.63. The molecule has 2 rings (SSSR count). The molecule has 0 radical (unpaired) electrons. The van der Waals surface area contributed by atoms with Gasteiger partial charge in [-0.05, 0) is 46.8 Å². The zero-order valence-electron chi connectivity index (χ0n) is 19.0. The molecule has 0 aliphatic rings. The van der Waals surface area contributed by atoms with Crippen molar-refractivity contribution >= 4 is 27.8 Å². The van der Waals surface area contributed by atoms with Gasteiger partial charge in [0.1, 0.15) is 5.65 Å². The molecule has 182 valence electrons. The number of hydrogen-bond donors (Lipinski definition) is 2. The van der Waals surface area contributed by atoms with E-state index in [-0.39, 0.29) is 31.2 Å². The molecule has 0 saturated carbocycles. The number of aliphatic hydroxyl groups excluding tert-OH is 1. The van der Waals surface area contributed by atoms with E-state index in [2.05, 4.69) is 14.0 Å². The Hall–Kier alpha value is -1.42. The van der Waals surface area contributed by atoms with Crippen LogP contribution in [0.2, 0.25) is 0 Å². The lowest BCUT2D eigenvalue weighted by Crippen LogP contribution is -2.09. The molecule has 0 aliphatic carbocycles. The van der Waals surface area contributed by atoms with E-state index in [1.165, 1.54) is 10.6 Å². The Kier molecular flexibility index (Phi) is 13.1. The first-order chi connectivity index (χ1) is 15.3. The van der Waals surface area contributed by atoms with Gasteiger partial charge in [0.25, 0.3) is 0 Å². The van der Waals surface area contributed by atoms with Gasteiger partial charge in [0.05, 0.1) is 38.7 Å². The van der Waals surface area contributed by atoms with Gasteiger partial charge in [0.15, 0.2) is 11.5 Å². The molecule has 1 atom stereocenters. The highest BCUT2D eigenvalue weighted by molar-refractivity contribution is 7.54. The molecule has 0 fully saturated rings. The number of esters is 1. The summed E-state index contributed by atoms with van der Waals surface area (Å²) in [7, 11) is -5.35. The Bertz CT molecular complexity index is 862. The molecule has 2 heterocycles. The van der Waals surface area contributed by atoms with Crippen molar-refractivity contribution in [3.05, 3.63) is 35.8 Å². The quantitative estimate of drug-likeness (QED) is 0.328. The highest BCUT2D eigenvalue weighted by Gasteiger charge is 2.37. The number of imidazole rings is 1. The first-order valence-electron chi connectivity index (χ1n) is 10.2. The number of hydrogen-bond acceptors (Lipinski definition) is 10. The average molecular weight is 494 g/mol. The van der Waals surface area contributed by atoms with Crippen LogP contribution >= 0.6 is 16.2 Å². The predicted octanol–water partition coefficient (Wildman–Crippen LogP) is 4.05. The summed E-state index contributed by atoms with van der Waals surface area (Å²) in [5, 5.41) is 10.6. The van der Waals surface area contributed by atoms with Gasteiger partial charge >= 0.3 is 22.2 Å². The largest absolute Gasteiger partial charge is 0.461 e. The molecular formula is C19H32N2O9P2. The van der Waals surface area contributed by atoms with Gasteiger partial charge in [-0.1, -0.05) is 6.07 Å². The summed E-state index contributed by atoms with van der Waals surface area (Å²) in [4.78, 5) is 24.7. The van der Waals surface area contributed by atoms with Crippen LogP contribution in [0.5, 0.6) is 0 Å². The zero-order chi connectivity index (χ0) is 24.1. The van der Waals surface area contributed by atoms with E-state index in [0.29, 0.717) is 18.9 Å². The second-order valence-electron chi connectivity index (χ2n) is 5.85. The van der Waals surface area contributed by atoms with Gasteiger partial charge in [-0.2, -0.15) is 0 Å². The van der Waals surface area contributed by atoms with Gasteiger partial charge in [-0.25, -0.2) is 9.78 Å². The third-order valence-electron chi connectivity index (χ3n) is 3.67. The fraction of sp³-hybridized carbons (Fsp3) is 0.579. The summed E-state index contributed by atoms with van der Waals surface area (Å²) < 4.78 is 38.9. The minimum Gasteiger partial charge on any atom is -0.461 e. The zero-order valence-corrected chi connectivity index (χ0v) is 20.8. The van der Waals surface area contributed by atoms with Crippen molar-refractivity contribution < 1.29 is 42.2 Å². The molecule has 1 unspecified atom stereocenters. The van der Waals surface area contributed by atoms with E-state index in [1.54, 1.807) is 39.0 Å². The van der Waals surface area contributed by atoms with E-state index < -0.39 is 28.0 Å². The highest BCUT2D eigenvalue weighted by atomic mass is 31.2. The first-order valence-corrected chi connectivity index (χ1v) is 13.0. The molecule has 11 nitrogen and oxygen atoms in total. The number of ether oxygens (including phenoxy) is 1. The topological polar surface area (TPSA) is 138 Å². The highest BCUT2D eigenvalue weighted by Crippen LogP contribution is 2.59. The number of pyridine rings is 1. The van der Waals surface area contributed by atoms with E-state index in [1.807, 2.05) is 13.8 Å². The van der Waals surface area contributed by atoms with Crippen LogP contribution in [0.3, 0.4) is 0 Å². The molecule has 13 heteroatoms. The van der Waals surface area contributed by atoms with Crippen molar-refractivity contribution in [2.45, 2.75) is 40.5 Å². The maximum atomic E-state index is 12.8. The van der Waals surface area contributed by atoms with Crippen molar-refractivity contribution in [2.24, 2.45) is 0 Å². The van der Waals surface area contributed by atoms with Gasteiger partial charge in [0, 0.05) is 6.20 Å². The van der Waals surface area contributed by atoms with E-state index in [0.717, 1.165) is 0 Å². The molecule has 2 aromatic heterocycles. The third kappa shape index (κ3) is 8.17. The van der Waals surface area contributed by atoms with Gasteiger partial charge in [0.2, 0.25) is 0 Å². The smallest absolute Gasteiger partial charge is 0.364 e. The van der Waals surface area contributed by atoms with Crippen molar-refractivity contribution in [3.8, 4) is 0 Å². The van der Waals surface area contributed by atoms with Crippen LogP contribution in [0.1, 0.15) is 56.6 Å². The summed E-state index contributed by atoms with van der Waals surface area (Å²) in [6.45, 7) is 10.1. The van der Waals surface area contributed by atoms with Crippen LogP contribution in [-0.2, 0) is 27.4 Å². The molecule has 0 aliphatic heterocycles. The molecule has 0 spiro atoms. The van der Waals surface area contributed by atoms with Crippen LogP contribution in [0, 0.1) is 0 Å². The van der Waals surface area contributed by atoms with Crippen molar-refractivity contribution in [2.75, 3.05) is 33.0 Å². The van der Waals surface area contributed by atoms with E-state index in [4.69, 9.17) is 18.7 Å². The number of rotatable bonds is 12. The van der Waals surface area contributed by atoms with Gasteiger partial charge in [-0.15, -0.1) is 0 Å². The number of aliphatic hydroxyl groups is 1. The van der Waals surface area contributed by atoms with Crippen LogP contribution < -0.4 is 0 Å². The number of nitrogens with zero attached hydrogens (tertiary/aromatic N) is 2. The molecule has 0 amide bonds. The normalized spacial score (nSPS) is 12.5. The summed E-state index contributed by atoms with van der Waals surface area (Å²) in [5.74, 6) is -2.08. The van der Waals surface area contributed by atoms with Crippen LogP contribution in [0.15, 0.2) is 24.4 Å². The van der Waals surface area contributed by atoms with Crippen LogP contribution in [-0.4, -0.2) is 58.4 Å². The fourth-order valence-electron chi connectivity index (χ4n) is 2.50. The lowest BCUT2D eigenvalue weighted by Gasteiger charge is -2.23. The van der Waals surface area contributed by atoms with Gasteiger partial charge < -0.3 is 32.8 Å². The standard InChI is InChI=1S/C15H21N2O6P.C4H11O3P/c1-4-21-14(18)11-10-17-12(8-7-9-13(17)16-11)15(19)24(20,22-5-2)23-6-3;1-3-6-8(5)7-4-2/h7-10,15,19H,4-6H2,1-3H3;5H,3-4H2,1-2H3. The summed E-state index contributed by atoms with van der Waals surface area (Å²) in [5.41, 5.74) is 0.758.